The Hall–Kier alpha value is -2.23. The third-order valence-electron chi connectivity index (χ3n) is 3.29. The van der Waals surface area contributed by atoms with E-state index in [1.807, 2.05) is 52.8 Å². The first kappa shape index (κ1) is 18.8. The lowest BCUT2D eigenvalue weighted by atomic mass is 10.2. The highest BCUT2D eigenvalue weighted by Crippen LogP contribution is 2.15. The van der Waals surface area contributed by atoms with Crippen LogP contribution in [-0.2, 0) is 6.42 Å². The zero-order valence-corrected chi connectivity index (χ0v) is 14.6. The van der Waals surface area contributed by atoms with Gasteiger partial charge in [0.05, 0.1) is 10.9 Å². The summed E-state index contributed by atoms with van der Waals surface area (Å²) in [5, 5.41) is 0.302. The first-order valence-electron chi connectivity index (χ1n) is 8.16. The molecule has 0 radical (unpaired) electrons. The predicted molar refractivity (Wildman–Crippen MR) is 96.1 cm³/mol. The maximum Gasteiger partial charge on any atom is 0.266 e. The van der Waals surface area contributed by atoms with Crippen LogP contribution in [0, 0.1) is 5.82 Å². The van der Waals surface area contributed by atoms with Crippen LogP contribution in [0.3, 0.4) is 0 Å². The highest BCUT2D eigenvalue weighted by atomic mass is 19.1. The molecule has 124 valence electrons. The van der Waals surface area contributed by atoms with Crippen molar-refractivity contribution in [1.29, 1.82) is 0 Å². The smallest absolute Gasteiger partial charge is 0.266 e. The molecule has 0 aliphatic rings. The Balaban J connectivity index is 0.00000127. The number of hydrogen-bond donors (Lipinski definition) is 0. The van der Waals surface area contributed by atoms with Crippen molar-refractivity contribution in [2.45, 2.75) is 47.5 Å². The molecule has 1 aromatic carbocycles. The van der Waals surface area contributed by atoms with Crippen molar-refractivity contribution in [3.63, 3.8) is 0 Å². The van der Waals surface area contributed by atoms with Gasteiger partial charge in [-0.1, -0.05) is 39.8 Å². The molecule has 3 nitrogen and oxygen atoms in total. The fourth-order valence-corrected chi connectivity index (χ4v) is 2.25. The Kier molecular flexibility index (Phi) is 7.39. The van der Waals surface area contributed by atoms with Gasteiger partial charge < -0.3 is 0 Å². The molecule has 23 heavy (non-hydrogen) atoms. The lowest BCUT2D eigenvalue weighted by Gasteiger charge is -2.13. The molecule has 0 aliphatic heterocycles. The maximum absolute atomic E-state index is 13.4. The van der Waals surface area contributed by atoms with Gasteiger partial charge in [0.25, 0.3) is 5.56 Å². The summed E-state index contributed by atoms with van der Waals surface area (Å²) in [7, 11) is 0. The summed E-state index contributed by atoms with van der Waals surface area (Å²) in [6, 6.07) is 4.12. The number of nitrogens with zero attached hydrogens (tertiary/aromatic N) is 2. The Bertz CT molecular complexity index is 773. The van der Waals surface area contributed by atoms with E-state index in [4.69, 9.17) is 0 Å². The largest absolute Gasteiger partial charge is 0.268 e. The van der Waals surface area contributed by atoms with Gasteiger partial charge in [-0.05, 0) is 37.6 Å². The van der Waals surface area contributed by atoms with Gasteiger partial charge in [0.15, 0.2) is 0 Å². The summed E-state index contributed by atoms with van der Waals surface area (Å²) in [5.74, 6) is 0.247. The highest BCUT2D eigenvalue weighted by molar-refractivity contribution is 5.79. The number of allylic oxidation sites excluding steroid dienone is 4. The zero-order valence-electron chi connectivity index (χ0n) is 14.6. The molecule has 4 heteroatoms. The summed E-state index contributed by atoms with van der Waals surface area (Å²) in [6.45, 7) is 9.85. The van der Waals surface area contributed by atoms with Gasteiger partial charge in [-0.3, -0.25) is 9.36 Å². The average molecular weight is 316 g/mol. The molecule has 0 amide bonds. The number of rotatable bonds is 4. The average Bonchev–Trinajstić information content (AvgIpc) is 2.59. The van der Waals surface area contributed by atoms with Crippen LogP contribution in [0.25, 0.3) is 16.6 Å². The number of halogens is 1. The van der Waals surface area contributed by atoms with Crippen molar-refractivity contribution in [3.05, 3.63) is 58.4 Å². The van der Waals surface area contributed by atoms with Gasteiger partial charge in [-0.2, -0.15) is 0 Å². The van der Waals surface area contributed by atoms with Crippen molar-refractivity contribution in [3.8, 4) is 0 Å². The van der Waals surface area contributed by atoms with Crippen LogP contribution in [0.4, 0.5) is 4.39 Å². The van der Waals surface area contributed by atoms with Gasteiger partial charge in [0.2, 0.25) is 0 Å². The molecule has 0 atom stereocenters. The molecule has 1 aromatic heterocycles. The molecular formula is C19H25FN2O. The van der Waals surface area contributed by atoms with E-state index < -0.39 is 5.82 Å². The third-order valence-corrected chi connectivity index (χ3v) is 3.29. The fraction of sp³-hybridized carbons (Fsp3) is 0.368. The SMILES string of the molecule is C/C=C(\C=C/CC)n1c(CC)nc2ccc(F)cc2c1=O.CC. The Morgan fingerprint density at radius 1 is 1.30 bits per heavy atom. The molecular weight excluding hydrogens is 291 g/mol. The fourth-order valence-electron chi connectivity index (χ4n) is 2.25. The molecule has 0 fully saturated rings. The van der Waals surface area contributed by atoms with Gasteiger partial charge in [-0.15, -0.1) is 0 Å². The molecule has 1 heterocycles. The first-order chi connectivity index (χ1) is 11.1. The van der Waals surface area contributed by atoms with E-state index in [-0.39, 0.29) is 5.56 Å². The van der Waals surface area contributed by atoms with Crippen LogP contribution in [0.1, 0.15) is 46.9 Å². The lowest BCUT2D eigenvalue weighted by Crippen LogP contribution is -2.24. The van der Waals surface area contributed by atoms with Crippen molar-refractivity contribution < 1.29 is 4.39 Å². The number of aromatic nitrogens is 2. The second-order valence-corrected chi connectivity index (χ2v) is 4.71. The summed E-state index contributed by atoms with van der Waals surface area (Å²) in [4.78, 5) is 17.2. The van der Waals surface area contributed by atoms with Crippen LogP contribution in [0.2, 0.25) is 0 Å². The van der Waals surface area contributed by atoms with E-state index in [9.17, 15) is 9.18 Å². The molecule has 2 rings (SSSR count). The monoisotopic (exact) mass is 316 g/mol. The van der Waals surface area contributed by atoms with Crippen LogP contribution in [0.5, 0.6) is 0 Å². The van der Waals surface area contributed by atoms with E-state index in [2.05, 4.69) is 4.98 Å². The van der Waals surface area contributed by atoms with E-state index in [0.717, 1.165) is 12.1 Å². The normalized spacial score (nSPS) is 11.7. The van der Waals surface area contributed by atoms with Crippen LogP contribution < -0.4 is 5.56 Å². The minimum atomic E-state index is -0.427. The van der Waals surface area contributed by atoms with E-state index >= 15 is 0 Å². The van der Waals surface area contributed by atoms with E-state index in [0.29, 0.717) is 23.1 Å². The highest BCUT2D eigenvalue weighted by Gasteiger charge is 2.12. The van der Waals surface area contributed by atoms with Crippen LogP contribution in [0.15, 0.2) is 41.2 Å². The second kappa shape index (κ2) is 9.03. The maximum atomic E-state index is 13.4. The minimum Gasteiger partial charge on any atom is -0.268 e. The summed E-state index contributed by atoms with van der Waals surface area (Å²) in [6.07, 6.45) is 7.24. The van der Waals surface area contributed by atoms with Gasteiger partial charge >= 0.3 is 0 Å². The van der Waals surface area contributed by atoms with Gasteiger partial charge in [0.1, 0.15) is 11.6 Å². The summed E-state index contributed by atoms with van der Waals surface area (Å²) >= 11 is 0. The second-order valence-electron chi connectivity index (χ2n) is 4.71. The van der Waals surface area contributed by atoms with Gasteiger partial charge in [-0.25, -0.2) is 9.37 Å². The Labute approximate surface area is 137 Å². The van der Waals surface area contributed by atoms with Crippen LogP contribution >= 0.6 is 0 Å². The topological polar surface area (TPSA) is 34.9 Å². The summed E-state index contributed by atoms with van der Waals surface area (Å²) in [5.41, 5.74) is 1.06. The molecule has 0 N–H and O–H groups in total. The predicted octanol–water partition coefficient (Wildman–Crippen LogP) is 4.95. The zero-order chi connectivity index (χ0) is 17.4. The minimum absolute atomic E-state index is 0.231. The number of hydrogen-bond acceptors (Lipinski definition) is 2. The Morgan fingerprint density at radius 2 is 2.00 bits per heavy atom. The van der Waals surface area contributed by atoms with E-state index in [1.165, 1.54) is 12.1 Å². The number of aryl methyl sites for hydroxylation is 1. The quantitative estimate of drug-likeness (QED) is 0.748. The lowest BCUT2D eigenvalue weighted by molar-refractivity contribution is 0.629. The van der Waals surface area contributed by atoms with Crippen molar-refractivity contribution in [2.75, 3.05) is 0 Å². The molecule has 0 spiro atoms. The first-order valence-corrected chi connectivity index (χ1v) is 8.16. The molecule has 0 unspecified atom stereocenters. The molecule has 2 aromatic rings. The summed E-state index contributed by atoms with van der Waals surface area (Å²) < 4.78 is 15.0. The third kappa shape index (κ3) is 4.15. The molecule has 0 bridgehead atoms. The standard InChI is InChI=1S/C17H19FN2O.C2H6/c1-4-7-8-13(5-2)20-16(6-3)19-15-10-9-12(18)11-14(15)17(20)21;1-2/h5,7-11H,4,6H2,1-3H3;1-2H3/b8-7-,13-5+;. The van der Waals surface area contributed by atoms with Crippen molar-refractivity contribution >= 4 is 16.6 Å². The van der Waals surface area contributed by atoms with Crippen molar-refractivity contribution in [1.82, 2.24) is 9.55 Å². The molecule has 0 saturated carbocycles. The van der Waals surface area contributed by atoms with E-state index in [1.54, 1.807) is 10.6 Å². The Morgan fingerprint density at radius 3 is 2.57 bits per heavy atom. The molecule has 0 aliphatic carbocycles. The van der Waals surface area contributed by atoms with Crippen molar-refractivity contribution in [2.24, 2.45) is 0 Å². The van der Waals surface area contributed by atoms with Gasteiger partial charge in [0, 0.05) is 12.1 Å². The number of benzene rings is 1. The van der Waals surface area contributed by atoms with Crippen LogP contribution in [-0.4, -0.2) is 9.55 Å². The number of fused-ring (bicyclic) bond motifs is 1. The molecule has 0 saturated heterocycles.